The molecule has 5 nitrogen and oxygen atoms in total. The lowest BCUT2D eigenvalue weighted by Gasteiger charge is -2.34. The molecule has 3 N–H and O–H groups in total. The minimum absolute atomic E-state index is 0.119. The monoisotopic (exact) mass is 302 g/mol. The molecule has 1 saturated heterocycles. The molecule has 8 heteroatoms. The predicted octanol–water partition coefficient (Wildman–Crippen LogP) is 1.51. The highest BCUT2D eigenvalue weighted by Gasteiger charge is 2.31. The van der Waals surface area contributed by atoms with Gasteiger partial charge in [0, 0.05) is 19.1 Å². The van der Waals surface area contributed by atoms with Crippen LogP contribution in [-0.4, -0.2) is 30.1 Å². The molecule has 1 aliphatic rings. The van der Waals surface area contributed by atoms with Crippen molar-refractivity contribution in [2.75, 3.05) is 24.1 Å². The molecule has 0 atom stereocenters. The van der Waals surface area contributed by atoms with Gasteiger partial charge in [0.05, 0.1) is 16.9 Å². The van der Waals surface area contributed by atoms with E-state index in [9.17, 15) is 23.1 Å². The summed E-state index contributed by atoms with van der Waals surface area (Å²) >= 11 is 0. The van der Waals surface area contributed by atoms with Gasteiger partial charge in [0.1, 0.15) is 6.09 Å². The van der Waals surface area contributed by atoms with E-state index in [4.69, 9.17) is 5.73 Å². The van der Waals surface area contributed by atoms with Gasteiger partial charge in [-0.2, -0.15) is 13.2 Å². The molecule has 0 aliphatic carbocycles. The standard InChI is InChI=1S/C13H16F3N3O2/c14-13(15,16)8-1-2-10(17)11(7-8)18-9-3-5-19(6-4-9)12(20)21/h1-2,7,9,18H,3-6,17H2,(H,20,21)/p-1. The van der Waals surface area contributed by atoms with Crippen LogP contribution in [0.25, 0.3) is 0 Å². The van der Waals surface area contributed by atoms with Gasteiger partial charge in [0.25, 0.3) is 0 Å². The van der Waals surface area contributed by atoms with E-state index in [0.717, 1.165) is 12.1 Å². The van der Waals surface area contributed by atoms with E-state index in [1.54, 1.807) is 0 Å². The van der Waals surface area contributed by atoms with Crippen molar-refractivity contribution in [3.05, 3.63) is 23.8 Å². The Kier molecular flexibility index (Phi) is 4.15. The number of nitrogens with one attached hydrogen (secondary N) is 1. The van der Waals surface area contributed by atoms with Crippen LogP contribution in [0.2, 0.25) is 0 Å². The molecule has 0 aromatic heterocycles. The highest BCUT2D eigenvalue weighted by Crippen LogP contribution is 2.33. The predicted molar refractivity (Wildman–Crippen MR) is 69.5 cm³/mol. The molecule has 0 bridgehead atoms. The maximum absolute atomic E-state index is 12.7. The van der Waals surface area contributed by atoms with Crippen molar-refractivity contribution in [1.29, 1.82) is 0 Å². The number of nitrogens with zero attached hydrogens (tertiary/aromatic N) is 1. The van der Waals surface area contributed by atoms with Crippen molar-refractivity contribution in [3.63, 3.8) is 0 Å². The number of likely N-dealkylation sites (tertiary alicyclic amines) is 1. The van der Waals surface area contributed by atoms with Crippen molar-refractivity contribution in [2.45, 2.75) is 25.1 Å². The Bertz CT molecular complexity index is 526. The lowest BCUT2D eigenvalue weighted by molar-refractivity contribution is -0.266. The Morgan fingerprint density at radius 1 is 1.33 bits per heavy atom. The van der Waals surface area contributed by atoms with Gasteiger partial charge in [-0.25, -0.2) is 0 Å². The molecule has 116 valence electrons. The molecule has 1 fully saturated rings. The number of halogens is 3. The minimum Gasteiger partial charge on any atom is -0.530 e. The number of nitrogen functional groups attached to an aromatic ring is 1. The molecule has 21 heavy (non-hydrogen) atoms. The average molecular weight is 302 g/mol. The Balaban J connectivity index is 2.05. The van der Waals surface area contributed by atoms with E-state index >= 15 is 0 Å². The zero-order chi connectivity index (χ0) is 15.6. The van der Waals surface area contributed by atoms with Crippen LogP contribution in [0, 0.1) is 0 Å². The van der Waals surface area contributed by atoms with Gasteiger partial charge in [0.2, 0.25) is 0 Å². The molecular formula is C13H15F3N3O2-. The van der Waals surface area contributed by atoms with E-state index < -0.39 is 17.8 Å². The Morgan fingerprint density at radius 3 is 2.48 bits per heavy atom. The van der Waals surface area contributed by atoms with Gasteiger partial charge in [0.15, 0.2) is 0 Å². The van der Waals surface area contributed by atoms with Crippen molar-refractivity contribution < 1.29 is 23.1 Å². The fraction of sp³-hybridized carbons (Fsp3) is 0.462. The van der Waals surface area contributed by atoms with E-state index in [0.29, 0.717) is 25.9 Å². The number of hydrogen-bond acceptors (Lipinski definition) is 4. The molecule has 1 aromatic rings. The Morgan fingerprint density at radius 2 is 1.95 bits per heavy atom. The molecule has 0 unspecified atom stereocenters. The first-order valence-corrected chi connectivity index (χ1v) is 6.46. The van der Waals surface area contributed by atoms with E-state index in [1.807, 2.05) is 0 Å². The second-order valence-corrected chi connectivity index (χ2v) is 4.97. The zero-order valence-corrected chi connectivity index (χ0v) is 11.1. The molecule has 1 heterocycles. The summed E-state index contributed by atoms with van der Waals surface area (Å²) in [5.41, 5.74) is 5.36. The van der Waals surface area contributed by atoms with Crippen LogP contribution in [0.1, 0.15) is 18.4 Å². The first-order valence-electron chi connectivity index (χ1n) is 6.46. The second-order valence-electron chi connectivity index (χ2n) is 4.97. The first-order chi connectivity index (χ1) is 9.77. The average Bonchev–Trinajstić information content (AvgIpc) is 2.40. The zero-order valence-electron chi connectivity index (χ0n) is 11.1. The number of benzene rings is 1. The number of carbonyl (C=O) groups is 1. The number of carboxylic acid groups (broad SMARTS) is 1. The molecule has 1 amide bonds. The minimum atomic E-state index is -4.43. The maximum atomic E-state index is 12.7. The van der Waals surface area contributed by atoms with Crippen LogP contribution < -0.4 is 16.2 Å². The molecule has 1 aliphatic heterocycles. The summed E-state index contributed by atoms with van der Waals surface area (Å²) in [6.45, 7) is 0.581. The summed E-state index contributed by atoms with van der Waals surface area (Å²) < 4.78 is 38.0. The normalized spacial score (nSPS) is 16.8. The van der Waals surface area contributed by atoms with E-state index in [-0.39, 0.29) is 17.4 Å². The summed E-state index contributed by atoms with van der Waals surface area (Å²) in [6, 6.07) is 2.99. The summed E-state index contributed by atoms with van der Waals surface area (Å²) in [4.78, 5) is 11.9. The fourth-order valence-corrected chi connectivity index (χ4v) is 2.28. The van der Waals surface area contributed by atoms with Gasteiger partial charge >= 0.3 is 6.18 Å². The summed E-state index contributed by atoms with van der Waals surface area (Å²) in [7, 11) is 0. The smallest absolute Gasteiger partial charge is 0.416 e. The summed E-state index contributed by atoms with van der Waals surface area (Å²) in [5, 5.41) is 13.6. The number of rotatable bonds is 2. The highest BCUT2D eigenvalue weighted by molar-refractivity contribution is 5.68. The SMILES string of the molecule is Nc1ccc(C(F)(F)F)cc1NC1CCN(C(=O)[O-])CC1. The third-order valence-corrected chi connectivity index (χ3v) is 3.49. The molecular weight excluding hydrogens is 287 g/mol. The van der Waals surface area contributed by atoms with Crippen LogP contribution >= 0.6 is 0 Å². The van der Waals surface area contributed by atoms with Gasteiger partial charge in [-0.15, -0.1) is 0 Å². The number of hydrogen-bond donors (Lipinski definition) is 2. The number of carbonyl (C=O) groups excluding carboxylic acids is 1. The lowest BCUT2D eigenvalue weighted by Crippen LogP contribution is -2.47. The molecule has 1 aromatic carbocycles. The topological polar surface area (TPSA) is 81.4 Å². The number of amides is 1. The van der Waals surface area contributed by atoms with Gasteiger partial charge in [-0.3, -0.25) is 0 Å². The van der Waals surface area contributed by atoms with E-state index in [1.165, 1.54) is 11.0 Å². The van der Waals surface area contributed by atoms with Gasteiger partial charge < -0.3 is 25.9 Å². The number of piperidine rings is 1. The Labute approximate surface area is 119 Å². The number of nitrogens with two attached hydrogens (primary N) is 1. The summed E-state index contributed by atoms with van der Waals surface area (Å²) in [5.74, 6) is 0. The quantitative estimate of drug-likeness (QED) is 0.811. The second kappa shape index (κ2) is 5.71. The van der Waals surface area contributed by atoms with Crippen molar-refractivity contribution in [1.82, 2.24) is 4.90 Å². The molecule has 2 rings (SSSR count). The molecule has 0 spiro atoms. The van der Waals surface area contributed by atoms with Crippen molar-refractivity contribution in [2.24, 2.45) is 0 Å². The van der Waals surface area contributed by atoms with Crippen molar-refractivity contribution >= 4 is 17.5 Å². The first kappa shape index (κ1) is 15.3. The summed E-state index contributed by atoms with van der Waals surface area (Å²) in [6.07, 6.45) is -4.68. The maximum Gasteiger partial charge on any atom is 0.416 e. The highest BCUT2D eigenvalue weighted by atomic mass is 19.4. The number of alkyl halides is 3. The van der Waals surface area contributed by atoms with Crippen LogP contribution in [0.5, 0.6) is 0 Å². The van der Waals surface area contributed by atoms with Crippen molar-refractivity contribution in [3.8, 4) is 0 Å². The molecule has 0 saturated carbocycles. The van der Waals surface area contributed by atoms with Crippen LogP contribution in [-0.2, 0) is 6.18 Å². The fourth-order valence-electron chi connectivity index (χ4n) is 2.28. The largest absolute Gasteiger partial charge is 0.530 e. The van der Waals surface area contributed by atoms with Crippen LogP contribution in [0.4, 0.5) is 29.3 Å². The third-order valence-electron chi connectivity index (χ3n) is 3.49. The third kappa shape index (κ3) is 3.71. The lowest BCUT2D eigenvalue weighted by atomic mass is 10.0. The van der Waals surface area contributed by atoms with Gasteiger partial charge in [-0.05, 0) is 31.0 Å². The molecule has 0 radical (unpaired) electrons. The number of anilines is 2. The Hall–Kier alpha value is -2.12. The van der Waals surface area contributed by atoms with Crippen LogP contribution in [0.3, 0.4) is 0 Å². The van der Waals surface area contributed by atoms with Gasteiger partial charge in [-0.1, -0.05) is 0 Å². The van der Waals surface area contributed by atoms with Crippen LogP contribution in [0.15, 0.2) is 18.2 Å². The van der Waals surface area contributed by atoms with E-state index in [2.05, 4.69) is 5.32 Å².